The first-order chi connectivity index (χ1) is 14.5. The van der Waals surface area contributed by atoms with Crippen molar-refractivity contribution in [3.63, 3.8) is 0 Å². The van der Waals surface area contributed by atoms with Crippen LogP contribution in [-0.2, 0) is 13.7 Å². The van der Waals surface area contributed by atoms with Crippen LogP contribution in [0.5, 0.6) is 6.01 Å². The minimum absolute atomic E-state index is 0.00822. The number of benzene rings is 2. The maximum Gasteiger partial charge on any atom is 0.319 e. The SMILES string of the molecule is CN(CCO)c1nc(OCc2nc(-c3ccccc3)cn2C)nc2ccc(Cl)cc12. The Morgan fingerprint density at radius 3 is 2.67 bits per heavy atom. The van der Waals surface area contributed by atoms with E-state index in [-0.39, 0.29) is 19.2 Å². The summed E-state index contributed by atoms with van der Waals surface area (Å²) in [5, 5.41) is 10.7. The number of nitrogens with zero attached hydrogens (tertiary/aromatic N) is 5. The van der Waals surface area contributed by atoms with E-state index < -0.39 is 0 Å². The fraction of sp³-hybridized carbons (Fsp3) is 0.227. The summed E-state index contributed by atoms with van der Waals surface area (Å²) in [6.07, 6.45) is 1.97. The summed E-state index contributed by atoms with van der Waals surface area (Å²) < 4.78 is 7.83. The molecule has 0 aliphatic rings. The lowest BCUT2D eigenvalue weighted by Crippen LogP contribution is -2.23. The zero-order valence-corrected chi connectivity index (χ0v) is 17.5. The smallest absolute Gasteiger partial charge is 0.319 e. The molecule has 0 aliphatic heterocycles. The molecule has 2 aromatic heterocycles. The highest BCUT2D eigenvalue weighted by atomic mass is 35.5. The first-order valence-electron chi connectivity index (χ1n) is 9.55. The maximum atomic E-state index is 9.32. The predicted octanol–water partition coefficient (Wildman–Crippen LogP) is 3.69. The van der Waals surface area contributed by atoms with Crippen molar-refractivity contribution >= 4 is 28.3 Å². The molecule has 0 aliphatic carbocycles. The lowest BCUT2D eigenvalue weighted by atomic mass is 10.2. The normalized spacial score (nSPS) is 11.1. The molecule has 30 heavy (non-hydrogen) atoms. The summed E-state index contributed by atoms with van der Waals surface area (Å²) in [6.45, 7) is 0.664. The Bertz CT molecular complexity index is 1160. The molecular weight excluding hydrogens is 402 g/mol. The van der Waals surface area contributed by atoms with Crippen molar-refractivity contribution in [3.8, 4) is 17.3 Å². The number of aryl methyl sites for hydroxylation is 1. The van der Waals surface area contributed by atoms with E-state index in [1.807, 2.05) is 72.2 Å². The molecule has 0 unspecified atom stereocenters. The standard InChI is InChI=1S/C22H22ClN5O2/c1-27(10-11-29)21-17-12-16(23)8-9-18(17)25-22(26-21)30-14-20-24-19(13-28(20)2)15-6-4-3-5-7-15/h3-9,12-13,29H,10-11,14H2,1-2H3. The lowest BCUT2D eigenvalue weighted by molar-refractivity contribution is 0.269. The third-order valence-corrected chi connectivity index (χ3v) is 5.02. The number of hydrogen-bond acceptors (Lipinski definition) is 6. The fourth-order valence-electron chi connectivity index (χ4n) is 3.19. The molecule has 1 N–H and O–H groups in total. The molecule has 8 heteroatoms. The van der Waals surface area contributed by atoms with E-state index in [0.29, 0.717) is 22.9 Å². The van der Waals surface area contributed by atoms with E-state index in [0.717, 1.165) is 22.5 Å². The lowest BCUT2D eigenvalue weighted by Gasteiger charge is -2.19. The zero-order valence-electron chi connectivity index (χ0n) is 16.8. The Kier molecular flexibility index (Phi) is 5.83. The average Bonchev–Trinajstić information content (AvgIpc) is 3.13. The highest BCUT2D eigenvalue weighted by Crippen LogP contribution is 2.28. The predicted molar refractivity (Wildman–Crippen MR) is 118 cm³/mol. The molecule has 0 bridgehead atoms. The monoisotopic (exact) mass is 423 g/mol. The number of rotatable bonds is 7. The number of aliphatic hydroxyl groups is 1. The van der Waals surface area contributed by atoms with Crippen LogP contribution < -0.4 is 9.64 Å². The summed E-state index contributed by atoms with van der Waals surface area (Å²) in [6, 6.07) is 15.7. The van der Waals surface area contributed by atoms with Gasteiger partial charge in [-0.1, -0.05) is 41.9 Å². The van der Waals surface area contributed by atoms with Gasteiger partial charge in [-0.3, -0.25) is 0 Å². The van der Waals surface area contributed by atoms with Crippen molar-refractivity contribution in [1.29, 1.82) is 0 Å². The van der Waals surface area contributed by atoms with Gasteiger partial charge in [-0.15, -0.1) is 0 Å². The second-order valence-corrected chi connectivity index (χ2v) is 7.38. The van der Waals surface area contributed by atoms with E-state index in [9.17, 15) is 5.11 Å². The topological polar surface area (TPSA) is 76.3 Å². The van der Waals surface area contributed by atoms with Crippen molar-refractivity contribution in [3.05, 3.63) is 65.6 Å². The summed E-state index contributed by atoms with van der Waals surface area (Å²) in [4.78, 5) is 15.6. The molecule has 7 nitrogen and oxygen atoms in total. The van der Waals surface area contributed by atoms with Gasteiger partial charge in [0.05, 0.1) is 17.8 Å². The zero-order chi connectivity index (χ0) is 21.1. The average molecular weight is 424 g/mol. The molecule has 2 heterocycles. The van der Waals surface area contributed by atoms with E-state index >= 15 is 0 Å². The molecule has 0 radical (unpaired) electrons. The molecule has 4 aromatic rings. The summed E-state index contributed by atoms with van der Waals surface area (Å²) >= 11 is 6.16. The molecule has 0 fully saturated rings. The first-order valence-corrected chi connectivity index (χ1v) is 9.92. The van der Waals surface area contributed by atoms with E-state index in [4.69, 9.17) is 16.3 Å². The number of hydrogen-bond donors (Lipinski definition) is 1. The largest absolute Gasteiger partial charge is 0.455 e. The highest BCUT2D eigenvalue weighted by Gasteiger charge is 2.14. The second kappa shape index (κ2) is 8.69. The van der Waals surface area contributed by atoms with Crippen molar-refractivity contribution < 1.29 is 9.84 Å². The number of aliphatic hydroxyl groups excluding tert-OH is 1. The van der Waals surface area contributed by atoms with Crippen LogP contribution in [0.2, 0.25) is 5.02 Å². The van der Waals surface area contributed by atoms with E-state index in [1.54, 1.807) is 6.07 Å². The molecule has 0 atom stereocenters. The van der Waals surface area contributed by atoms with Gasteiger partial charge in [0.2, 0.25) is 0 Å². The molecule has 0 saturated carbocycles. The minimum atomic E-state index is 0.00822. The summed E-state index contributed by atoms with van der Waals surface area (Å²) in [7, 11) is 3.79. The quantitative estimate of drug-likeness (QED) is 0.488. The third-order valence-electron chi connectivity index (χ3n) is 4.79. The van der Waals surface area contributed by atoms with Gasteiger partial charge in [-0.25, -0.2) is 4.98 Å². The minimum Gasteiger partial charge on any atom is -0.455 e. The number of ether oxygens (including phenoxy) is 1. The number of aromatic nitrogens is 4. The maximum absolute atomic E-state index is 9.32. The molecule has 0 spiro atoms. The van der Waals surface area contributed by atoms with Gasteiger partial charge < -0.3 is 19.3 Å². The number of imidazole rings is 1. The molecular formula is C22H22ClN5O2. The van der Waals surface area contributed by atoms with Gasteiger partial charge in [-0.2, -0.15) is 9.97 Å². The Morgan fingerprint density at radius 1 is 1.10 bits per heavy atom. The van der Waals surface area contributed by atoms with Crippen LogP contribution in [0.3, 0.4) is 0 Å². The van der Waals surface area contributed by atoms with Crippen LogP contribution in [-0.4, -0.2) is 44.8 Å². The van der Waals surface area contributed by atoms with Crippen molar-refractivity contribution in [2.75, 3.05) is 25.1 Å². The Morgan fingerprint density at radius 2 is 1.90 bits per heavy atom. The number of likely N-dealkylation sites (N-methyl/N-ethyl adjacent to an activating group) is 1. The van der Waals surface area contributed by atoms with Crippen LogP contribution in [0.15, 0.2) is 54.7 Å². The van der Waals surface area contributed by atoms with Crippen LogP contribution in [0.1, 0.15) is 5.82 Å². The summed E-state index contributed by atoms with van der Waals surface area (Å²) in [5.41, 5.74) is 2.65. The third kappa shape index (κ3) is 4.22. The fourth-order valence-corrected chi connectivity index (χ4v) is 3.36. The highest BCUT2D eigenvalue weighted by molar-refractivity contribution is 6.31. The number of anilines is 1. The molecule has 4 rings (SSSR count). The first kappa shape index (κ1) is 20.1. The molecule has 154 valence electrons. The Labute approximate surface area is 179 Å². The summed E-state index contributed by atoms with van der Waals surface area (Å²) in [5.74, 6) is 1.41. The van der Waals surface area contributed by atoms with Crippen molar-refractivity contribution in [2.45, 2.75) is 6.61 Å². The van der Waals surface area contributed by atoms with Gasteiger partial charge in [0.25, 0.3) is 0 Å². The molecule has 0 amide bonds. The van der Waals surface area contributed by atoms with Gasteiger partial charge in [0.1, 0.15) is 18.2 Å². The van der Waals surface area contributed by atoms with Crippen LogP contribution >= 0.6 is 11.6 Å². The molecule has 2 aromatic carbocycles. The Balaban J connectivity index is 1.61. The van der Waals surface area contributed by atoms with Gasteiger partial charge in [0, 0.05) is 42.8 Å². The van der Waals surface area contributed by atoms with Crippen LogP contribution in [0.25, 0.3) is 22.2 Å². The number of fused-ring (bicyclic) bond motifs is 1. The van der Waals surface area contributed by atoms with Gasteiger partial charge in [-0.05, 0) is 18.2 Å². The van der Waals surface area contributed by atoms with E-state index in [1.165, 1.54) is 0 Å². The van der Waals surface area contributed by atoms with Crippen LogP contribution in [0.4, 0.5) is 5.82 Å². The van der Waals surface area contributed by atoms with E-state index in [2.05, 4.69) is 15.0 Å². The van der Waals surface area contributed by atoms with Crippen molar-refractivity contribution in [1.82, 2.24) is 19.5 Å². The Hall–Kier alpha value is -3.16. The van der Waals surface area contributed by atoms with Gasteiger partial charge >= 0.3 is 6.01 Å². The second-order valence-electron chi connectivity index (χ2n) is 6.94. The van der Waals surface area contributed by atoms with Gasteiger partial charge in [0.15, 0.2) is 0 Å². The van der Waals surface area contributed by atoms with Crippen molar-refractivity contribution in [2.24, 2.45) is 7.05 Å². The molecule has 0 saturated heterocycles. The van der Waals surface area contributed by atoms with Crippen LogP contribution in [0, 0.1) is 0 Å². The number of halogens is 1.